The van der Waals surface area contributed by atoms with E-state index >= 15 is 0 Å². The van der Waals surface area contributed by atoms with Crippen LogP contribution in [0.1, 0.15) is 42.1 Å². The molecule has 2 aromatic carbocycles. The second-order valence-corrected chi connectivity index (χ2v) is 8.65. The molecule has 0 aromatic heterocycles. The van der Waals surface area contributed by atoms with Crippen LogP contribution in [0.5, 0.6) is 5.75 Å². The van der Waals surface area contributed by atoms with Gasteiger partial charge in [0, 0.05) is 0 Å². The Balaban J connectivity index is 1.64. The van der Waals surface area contributed by atoms with Gasteiger partial charge in [-0.25, -0.2) is 0 Å². The molecule has 1 heterocycles. The lowest BCUT2D eigenvalue weighted by Crippen LogP contribution is -2.44. The van der Waals surface area contributed by atoms with E-state index in [1.54, 1.807) is 30.3 Å². The minimum absolute atomic E-state index is 0.252. The van der Waals surface area contributed by atoms with E-state index in [1.807, 2.05) is 24.3 Å². The van der Waals surface area contributed by atoms with Gasteiger partial charge in [-0.3, -0.25) is 15.0 Å². The van der Waals surface area contributed by atoms with Crippen LogP contribution in [0, 0.1) is 0 Å². The summed E-state index contributed by atoms with van der Waals surface area (Å²) in [6.07, 6.45) is 5.06. The Hall–Kier alpha value is -2.35. The van der Waals surface area contributed by atoms with Gasteiger partial charge in [-0.2, -0.15) is 5.01 Å². The summed E-state index contributed by atoms with van der Waals surface area (Å²) in [5.41, 5.74) is 3.64. The third kappa shape index (κ3) is 5.62. The molecular formula is C22H21ClN2O3S2. The minimum atomic E-state index is -0.497. The van der Waals surface area contributed by atoms with Crippen molar-refractivity contribution in [3.63, 3.8) is 0 Å². The molecule has 0 aliphatic carbocycles. The average molecular weight is 461 g/mol. The lowest BCUT2D eigenvalue weighted by Gasteiger charge is -2.16. The number of carbonyl (C=O) groups is 2. The van der Waals surface area contributed by atoms with Crippen LogP contribution in [0.25, 0.3) is 6.08 Å². The molecule has 2 aromatic rings. The number of hydrogen-bond acceptors (Lipinski definition) is 5. The molecule has 5 nitrogen and oxygen atoms in total. The highest BCUT2D eigenvalue weighted by Gasteiger charge is 2.34. The maximum Gasteiger partial charge on any atom is 0.285 e. The van der Waals surface area contributed by atoms with E-state index in [0.29, 0.717) is 16.5 Å². The number of thiocarbonyl (C=S) groups is 1. The summed E-state index contributed by atoms with van der Waals surface area (Å²) < 4.78 is 5.96. The summed E-state index contributed by atoms with van der Waals surface area (Å²) in [7, 11) is 0. The number of carbonyl (C=O) groups excluding carboxylic acids is 2. The third-order valence-electron chi connectivity index (χ3n) is 4.32. The average Bonchev–Trinajstić information content (AvgIpc) is 3.00. The Morgan fingerprint density at radius 1 is 1.20 bits per heavy atom. The van der Waals surface area contributed by atoms with Gasteiger partial charge < -0.3 is 4.74 Å². The Kier molecular flexibility index (Phi) is 7.90. The smallest absolute Gasteiger partial charge is 0.285 e. The predicted molar refractivity (Wildman–Crippen MR) is 125 cm³/mol. The van der Waals surface area contributed by atoms with Crippen LogP contribution in [0.15, 0.2) is 53.4 Å². The molecular weight excluding hydrogens is 440 g/mol. The summed E-state index contributed by atoms with van der Waals surface area (Å²) in [4.78, 5) is 25.6. The van der Waals surface area contributed by atoms with E-state index in [9.17, 15) is 9.59 Å². The van der Waals surface area contributed by atoms with Crippen molar-refractivity contribution >= 4 is 57.8 Å². The molecule has 8 heteroatoms. The van der Waals surface area contributed by atoms with Crippen molar-refractivity contribution in [3.8, 4) is 5.75 Å². The van der Waals surface area contributed by atoms with Crippen molar-refractivity contribution in [1.29, 1.82) is 0 Å². The van der Waals surface area contributed by atoms with Gasteiger partial charge >= 0.3 is 0 Å². The number of thioether (sulfide) groups is 1. The Bertz CT molecular complexity index is 977. The number of benzene rings is 2. The van der Waals surface area contributed by atoms with E-state index in [-0.39, 0.29) is 15.8 Å². The molecule has 1 aliphatic heterocycles. The highest BCUT2D eigenvalue weighted by atomic mass is 35.5. The first kappa shape index (κ1) is 22.3. The molecule has 0 saturated carbocycles. The Labute approximate surface area is 190 Å². The number of amides is 2. The quantitative estimate of drug-likeness (QED) is 0.322. The zero-order valence-electron chi connectivity index (χ0n) is 16.4. The zero-order chi connectivity index (χ0) is 21.5. The summed E-state index contributed by atoms with van der Waals surface area (Å²) >= 11 is 12.4. The number of halogens is 1. The van der Waals surface area contributed by atoms with Crippen LogP contribution in [-0.2, 0) is 4.79 Å². The third-order valence-corrected chi connectivity index (χ3v) is 5.95. The molecule has 2 amide bonds. The van der Waals surface area contributed by atoms with Gasteiger partial charge in [-0.1, -0.05) is 67.4 Å². The number of hydrazine groups is 1. The molecule has 0 spiro atoms. The van der Waals surface area contributed by atoms with E-state index in [4.69, 9.17) is 28.6 Å². The Morgan fingerprint density at radius 3 is 2.63 bits per heavy atom. The summed E-state index contributed by atoms with van der Waals surface area (Å²) in [6.45, 7) is 2.84. The molecule has 1 N–H and O–H groups in total. The first-order valence-electron chi connectivity index (χ1n) is 9.56. The Morgan fingerprint density at radius 2 is 1.93 bits per heavy atom. The fourth-order valence-electron chi connectivity index (χ4n) is 2.72. The molecule has 0 unspecified atom stereocenters. The molecule has 0 radical (unpaired) electrons. The van der Waals surface area contributed by atoms with Crippen molar-refractivity contribution in [2.24, 2.45) is 0 Å². The lowest BCUT2D eigenvalue weighted by molar-refractivity contribution is -0.123. The lowest BCUT2D eigenvalue weighted by atomic mass is 10.2. The monoisotopic (exact) mass is 460 g/mol. The van der Waals surface area contributed by atoms with Crippen LogP contribution in [0.4, 0.5) is 0 Å². The number of hydrogen-bond donors (Lipinski definition) is 1. The number of ether oxygens (including phenoxy) is 1. The van der Waals surface area contributed by atoms with Crippen molar-refractivity contribution < 1.29 is 14.3 Å². The topological polar surface area (TPSA) is 58.6 Å². The van der Waals surface area contributed by atoms with Gasteiger partial charge in [0.15, 0.2) is 4.32 Å². The molecule has 1 saturated heterocycles. The number of nitrogens with one attached hydrogen (secondary N) is 1. The highest BCUT2D eigenvalue weighted by molar-refractivity contribution is 8.26. The van der Waals surface area contributed by atoms with Crippen LogP contribution < -0.4 is 10.2 Å². The van der Waals surface area contributed by atoms with E-state index in [2.05, 4.69) is 12.3 Å². The molecule has 3 rings (SSSR count). The van der Waals surface area contributed by atoms with Crippen LogP contribution in [-0.4, -0.2) is 27.8 Å². The van der Waals surface area contributed by atoms with Gasteiger partial charge in [0.05, 0.1) is 22.1 Å². The van der Waals surface area contributed by atoms with E-state index in [0.717, 1.165) is 47.3 Å². The number of nitrogens with zero attached hydrogens (tertiary/aromatic N) is 1. The van der Waals surface area contributed by atoms with Crippen molar-refractivity contribution in [1.82, 2.24) is 10.4 Å². The van der Waals surface area contributed by atoms with Crippen LogP contribution in [0.2, 0.25) is 5.02 Å². The zero-order valence-corrected chi connectivity index (χ0v) is 18.8. The summed E-state index contributed by atoms with van der Waals surface area (Å²) in [5, 5.41) is 1.37. The predicted octanol–water partition coefficient (Wildman–Crippen LogP) is 5.46. The second kappa shape index (κ2) is 10.6. The maximum absolute atomic E-state index is 12.7. The molecule has 1 aliphatic rings. The number of unbranched alkanes of at least 4 members (excludes halogenated alkanes) is 2. The summed E-state index contributed by atoms with van der Waals surface area (Å²) in [5.74, 6) is -0.0872. The molecule has 30 heavy (non-hydrogen) atoms. The van der Waals surface area contributed by atoms with Crippen LogP contribution >= 0.6 is 35.6 Å². The first-order chi connectivity index (χ1) is 14.5. The SMILES string of the molecule is CCCCCOc1ccc(/C=C2\SC(=S)N(NC(=O)c3ccccc3Cl)C2=O)cc1. The summed E-state index contributed by atoms with van der Waals surface area (Å²) in [6, 6.07) is 14.1. The maximum atomic E-state index is 12.7. The molecule has 1 fully saturated rings. The number of rotatable bonds is 8. The molecule has 156 valence electrons. The van der Waals surface area contributed by atoms with Crippen molar-refractivity contribution in [2.45, 2.75) is 26.2 Å². The minimum Gasteiger partial charge on any atom is -0.494 e. The fraction of sp³-hybridized carbons (Fsp3) is 0.227. The second-order valence-electron chi connectivity index (χ2n) is 6.56. The first-order valence-corrected chi connectivity index (χ1v) is 11.2. The van der Waals surface area contributed by atoms with E-state index < -0.39 is 5.91 Å². The van der Waals surface area contributed by atoms with Gasteiger partial charge in [0.2, 0.25) is 0 Å². The van der Waals surface area contributed by atoms with Gasteiger partial charge in [-0.15, -0.1) is 0 Å². The van der Waals surface area contributed by atoms with Crippen molar-refractivity contribution in [3.05, 3.63) is 69.6 Å². The van der Waals surface area contributed by atoms with Crippen LogP contribution in [0.3, 0.4) is 0 Å². The van der Waals surface area contributed by atoms with E-state index in [1.165, 1.54) is 0 Å². The van der Waals surface area contributed by atoms with Gasteiger partial charge in [0.25, 0.3) is 11.8 Å². The normalized spacial score (nSPS) is 15.0. The molecule has 0 bridgehead atoms. The standard InChI is InChI=1S/C22H21ClN2O3S2/c1-2-3-6-13-28-16-11-9-15(10-12-16)14-19-21(27)25(22(29)30-19)24-20(26)17-7-4-5-8-18(17)23/h4-5,7-12,14H,2-3,6,13H2,1H3,(H,24,26)/b19-14-. The fourth-order valence-corrected chi connectivity index (χ4v) is 4.13. The van der Waals surface area contributed by atoms with Gasteiger partial charge in [0.1, 0.15) is 5.75 Å². The largest absolute Gasteiger partial charge is 0.494 e. The molecule has 0 atom stereocenters. The highest BCUT2D eigenvalue weighted by Crippen LogP contribution is 2.32. The van der Waals surface area contributed by atoms with Gasteiger partial charge in [-0.05, 0) is 54.5 Å². The van der Waals surface area contributed by atoms with Crippen molar-refractivity contribution in [2.75, 3.05) is 6.61 Å².